The van der Waals surface area contributed by atoms with Crippen molar-refractivity contribution < 1.29 is 67.3 Å². The average molecular weight is 607 g/mol. The van der Waals surface area contributed by atoms with E-state index in [9.17, 15) is 34.2 Å². The highest BCUT2D eigenvalue weighted by molar-refractivity contribution is 8.00. The number of hydrogen-bond acceptors (Lipinski definition) is 16. The third-order valence-electron chi connectivity index (χ3n) is 5.77. The van der Waals surface area contributed by atoms with Gasteiger partial charge in [0.05, 0.1) is 17.9 Å². The number of carbonyl (C=O) groups is 5. The summed E-state index contributed by atoms with van der Waals surface area (Å²) in [5.74, 6) is -3.68. The number of aliphatic hydroxyl groups excluding tert-OH is 2. The Balaban J connectivity index is 2.48. The molecule has 16 nitrogen and oxygen atoms in total. The first-order chi connectivity index (χ1) is 19.2. The van der Waals surface area contributed by atoms with Crippen molar-refractivity contribution >= 4 is 41.5 Å². The van der Waals surface area contributed by atoms with Gasteiger partial charge in [0.1, 0.15) is 49.2 Å². The number of rotatable bonds is 11. The van der Waals surface area contributed by atoms with Gasteiger partial charge in [-0.25, -0.2) is 0 Å². The maximum atomic E-state index is 12.1. The molecule has 4 unspecified atom stereocenters. The van der Waals surface area contributed by atoms with E-state index < -0.39 is 103 Å². The van der Waals surface area contributed by atoms with Gasteiger partial charge in [-0.2, -0.15) is 5.26 Å². The Kier molecular flexibility index (Phi) is 13.2. The predicted octanol–water partition coefficient (Wildman–Crippen LogP) is -1.71. The summed E-state index contributed by atoms with van der Waals surface area (Å²) in [6.07, 6.45) is -12.0. The van der Waals surface area contributed by atoms with Gasteiger partial charge in [0.2, 0.25) is 5.91 Å². The molecule has 1 amide bonds. The largest absolute Gasteiger partial charge is 0.463 e. The molecule has 0 aliphatic carbocycles. The number of ether oxygens (including phenoxy) is 7. The van der Waals surface area contributed by atoms with Crippen molar-refractivity contribution in [3.05, 3.63) is 0 Å². The van der Waals surface area contributed by atoms with Crippen LogP contribution in [0.1, 0.15) is 34.6 Å². The number of esters is 4. The van der Waals surface area contributed by atoms with E-state index in [2.05, 4.69) is 5.32 Å². The monoisotopic (exact) mass is 606 g/mol. The molecule has 3 N–H and O–H groups in total. The van der Waals surface area contributed by atoms with Crippen LogP contribution in [0.3, 0.4) is 0 Å². The highest BCUT2D eigenvalue weighted by atomic mass is 32.2. The van der Waals surface area contributed by atoms with Crippen molar-refractivity contribution in [2.75, 3.05) is 19.0 Å². The van der Waals surface area contributed by atoms with Crippen molar-refractivity contribution in [3.63, 3.8) is 0 Å². The highest BCUT2D eigenvalue weighted by Gasteiger charge is 2.54. The molecule has 41 heavy (non-hydrogen) atoms. The standard InChI is InChI=1S/C24H34N2O14S/c1-10(27)26-17-21(18(32)15(8-34-11(2)28)39-24(17)41-7-6-25)40-23-19(33)22(37-14(5)31)20(36-13(4)30)16(38-23)9-35-12(3)29/h15-24,32-33H,7-9H2,1-5H3,(H,26,27)/t15?,16?,17-,18+,19-,20-,21?,22?,23-,24-/m0/s1. The minimum Gasteiger partial charge on any atom is -0.463 e. The highest BCUT2D eigenvalue weighted by Crippen LogP contribution is 2.34. The SMILES string of the molecule is CC(=O)N[C@H]1C(O[C@@H]2OC(COC(C)=O)[C@H](OC(C)=O)C(OC(C)=O)[C@@H]2O)[C@H](O)C(COC(C)=O)O[C@H]1SCC#N. The Bertz CT molecular complexity index is 1010. The number of aliphatic hydroxyl groups is 2. The maximum Gasteiger partial charge on any atom is 0.303 e. The van der Waals surface area contributed by atoms with Gasteiger partial charge in [-0.3, -0.25) is 24.0 Å². The number of nitrogens with zero attached hydrogens (tertiary/aromatic N) is 1. The van der Waals surface area contributed by atoms with Gasteiger partial charge in [-0.15, -0.1) is 11.8 Å². The molecule has 0 radical (unpaired) electrons. The number of hydrogen-bond donors (Lipinski definition) is 3. The number of nitriles is 1. The Morgan fingerprint density at radius 3 is 1.88 bits per heavy atom. The molecule has 2 heterocycles. The molecule has 2 rings (SSSR count). The van der Waals surface area contributed by atoms with E-state index in [0.29, 0.717) is 0 Å². The molecule has 0 bridgehead atoms. The third-order valence-corrected chi connectivity index (χ3v) is 6.80. The summed E-state index contributed by atoms with van der Waals surface area (Å²) in [6.45, 7) is 4.67. The van der Waals surface area contributed by atoms with Crippen LogP contribution in [-0.4, -0.2) is 119 Å². The summed E-state index contributed by atoms with van der Waals surface area (Å²) in [5, 5.41) is 34.0. The molecular formula is C24H34N2O14S. The molecular weight excluding hydrogens is 572 g/mol. The van der Waals surface area contributed by atoms with Gasteiger partial charge in [-0.05, 0) is 0 Å². The van der Waals surface area contributed by atoms with Crippen LogP contribution in [0.5, 0.6) is 0 Å². The molecule has 0 aromatic carbocycles. The average Bonchev–Trinajstić information content (AvgIpc) is 2.86. The first kappa shape index (κ1) is 34.2. The van der Waals surface area contributed by atoms with Crippen LogP contribution in [0.25, 0.3) is 0 Å². The summed E-state index contributed by atoms with van der Waals surface area (Å²) in [7, 11) is 0. The quantitative estimate of drug-likeness (QED) is 0.176. The van der Waals surface area contributed by atoms with E-state index in [1.54, 1.807) is 0 Å². The van der Waals surface area contributed by atoms with Crippen LogP contribution in [0.15, 0.2) is 0 Å². The Labute approximate surface area is 239 Å². The molecule has 2 aliphatic rings. The lowest BCUT2D eigenvalue weighted by Crippen LogP contribution is -2.67. The lowest BCUT2D eigenvalue weighted by atomic mass is 9.95. The molecule has 17 heteroatoms. The first-order valence-electron chi connectivity index (χ1n) is 12.4. The van der Waals surface area contributed by atoms with E-state index >= 15 is 0 Å². The zero-order valence-corrected chi connectivity index (χ0v) is 23.9. The smallest absolute Gasteiger partial charge is 0.303 e. The molecule has 2 fully saturated rings. The second kappa shape index (κ2) is 15.8. The number of nitrogens with one attached hydrogen (secondary N) is 1. The van der Waals surface area contributed by atoms with Crippen LogP contribution >= 0.6 is 11.8 Å². The van der Waals surface area contributed by atoms with Gasteiger partial charge in [0.15, 0.2) is 18.5 Å². The van der Waals surface area contributed by atoms with E-state index in [1.807, 2.05) is 6.07 Å². The molecule has 10 atom stereocenters. The molecule has 230 valence electrons. The number of amides is 1. The minimum atomic E-state index is -1.82. The Morgan fingerprint density at radius 1 is 0.805 bits per heavy atom. The van der Waals surface area contributed by atoms with Gasteiger partial charge in [-0.1, -0.05) is 0 Å². The second-order valence-electron chi connectivity index (χ2n) is 9.12. The Hall–Kier alpha value is -3.01. The summed E-state index contributed by atoms with van der Waals surface area (Å²) in [5.41, 5.74) is -0.997. The zero-order chi connectivity index (χ0) is 30.9. The lowest BCUT2D eigenvalue weighted by molar-refractivity contribution is -0.331. The molecule has 0 spiro atoms. The van der Waals surface area contributed by atoms with Crippen LogP contribution in [0.2, 0.25) is 0 Å². The second-order valence-corrected chi connectivity index (χ2v) is 10.2. The summed E-state index contributed by atoms with van der Waals surface area (Å²) in [4.78, 5) is 58.7. The summed E-state index contributed by atoms with van der Waals surface area (Å²) < 4.78 is 38.1. The van der Waals surface area contributed by atoms with Crippen molar-refractivity contribution in [1.29, 1.82) is 5.26 Å². The zero-order valence-electron chi connectivity index (χ0n) is 23.0. The molecule has 0 aromatic rings. The van der Waals surface area contributed by atoms with E-state index in [4.69, 9.17) is 38.4 Å². The topological polar surface area (TPSA) is 226 Å². The Morgan fingerprint density at radius 2 is 1.37 bits per heavy atom. The van der Waals surface area contributed by atoms with Crippen LogP contribution < -0.4 is 5.32 Å². The van der Waals surface area contributed by atoms with E-state index in [0.717, 1.165) is 39.5 Å². The molecule has 2 aliphatic heterocycles. The van der Waals surface area contributed by atoms with Gasteiger partial charge >= 0.3 is 23.9 Å². The van der Waals surface area contributed by atoms with Crippen molar-refractivity contribution in [3.8, 4) is 6.07 Å². The van der Waals surface area contributed by atoms with Gasteiger partial charge in [0.25, 0.3) is 0 Å². The van der Waals surface area contributed by atoms with Crippen molar-refractivity contribution in [2.24, 2.45) is 0 Å². The fourth-order valence-corrected chi connectivity index (χ4v) is 5.11. The fourth-order valence-electron chi connectivity index (χ4n) is 4.22. The van der Waals surface area contributed by atoms with Crippen LogP contribution in [0.4, 0.5) is 0 Å². The van der Waals surface area contributed by atoms with E-state index in [-0.39, 0.29) is 5.75 Å². The van der Waals surface area contributed by atoms with Crippen molar-refractivity contribution in [1.82, 2.24) is 5.32 Å². The third kappa shape index (κ3) is 10.1. The number of thioether (sulfide) groups is 1. The van der Waals surface area contributed by atoms with Crippen LogP contribution in [0, 0.1) is 11.3 Å². The normalized spacial score (nSPS) is 33.0. The van der Waals surface area contributed by atoms with E-state index in [1.165, 1.54) is 6.92 Å². The predicted molar refractivity (Wildman–Crippen MR) is 134 cm³/mol. The molecule has 0 aromatic heterocycles. The lowest BCUT2D eigenvalue weighted by Gasteiger charge is -2.48. The molecule has 0 saturated carbocycles. The van der Waals surface area contributed by atoms with Gasteiger partial charge < -0.3 is 48.7 Å². The van der Waals surface area contributed by atoms with Crippen molar-refractivity contribution in [2.45, 2.75) is 95.1 Å². The van der Waals surface area contributed by atoms with Crippen LogP contribution in [-0.2, 0) is 57.1 Å². The summed E-state index contributed by atoms with van der Waals surface area (Å²) in [6, 6.07) is 0.798. The van der Waals surface area contributed by atoms with Gasteiger partial charge in [0, 0.05) is 34.6 Å². The minimum absolute atomic E-state index is 0.0878. The summed E-state index contributed by atoms with van der Waals surface area (Å²) >= 11 is 0.965. The fraction of sp³-hybridized carbons (Fsp3) is 0.750. The first-order valence-corrected chi connectivity index (χ1v) is 13.5. The molecule has 2 saturated heterocycles. The number of carbonyl (C=O) groups excluding carboxylic acids is 5. The maximum absolute atomic E-state index is 12.1.